The molecule has 92 valence electrons. The molecule has 17 heavy (non-hydrogen) atoms. The lowest BCUT2D eigenvalue weighted by Gasteiger charge is -2.25. The summed E-state index contributed by atoms with van der Waals surface area (Å²) in [4.78, 5) is 4.13. The number of hydrogen-bond acceptors (Lipinski definition) is 1. The molecule has 0 unspecified atom stereocenters. The average molecular weight is 231 g/mol. The van der Waals surface area contributed by atoms with E-state index in [1.807, 2.05) is 7.05 Å². The highest BCUT2D eigenvalue weighted by Gasteiger charge is 2.17. The van der Waals surface area contributed by atoms with Gasteiger partial charge in [-0.2, -0.15) is 0 Å². The average Bonchev–Trinajstić information content (AvgIpc) is 2.40. The minimum absolute atomic E-state index is 0.718. The molecule has 0 fully saturated rings. The number of fused-ring (bicyclic) bond motifs is 1. The van der Waals surface area contributed by atoms with E-state index in [9.17, 15) is 0 Å². The first kappa shape index (κ1) is 12.0. The molecule has 0 aliphatic heterocycles. The number of nitrogens with zero attached hydrogens (tertiary/aromatic N) is 1. The molecule has 0 heterocycles. The fraction of sp³-hybridized carbons (Fsp3) is 0.500. The van der Waals surface area contributed by atoms with Crippen LogP contribution in [-0.2, 0) is 12.8 Å². The third kappa shape index (κ3) is 2.99. The maximum atomic E-state index is 4.13. The molecular weight excluding hydrogens is 210 g/mol. The van der Waals surface area contributed by atoms with Crippen LogP contribution in [0.4, 0.5) is 0 Å². The van der Waals surface area contributed by atoms with Crippen molar-refractivity contribution in [2.45, 2.75) is 19.3 Å². The third-order valence-corrected chi connectivity index (χ3v) is 3.47. The van der Waals surface area contributed by atoms with Crippen molar-refractivity contribution in [1.82, 2.24) is 10.6 Å². The van der Waals surface area contributed by atoms with Gasteiger partial charge in [0.15, 0.2) is 5.96 Å². The molecule has 1 aliphatic carbocycles. The van der Waals surface area contributed by atoms with Gasteiger partial charge in [-0.3, -0.25) is 4.99 Å². The normalized spacial score (nSPS) is 19.6. The topological polar surface area (TPSA) is 36.4 Å². The number of aryl methyl sites for hydroxylation is 1. The summed E-state index contributed by atoms with van der Waals surface area (Å²) >= 11 is 0. The Kier molecular flexibility index (Phi) is 4.02. The van der Waals surface area contributed by atoms with E-state index in [4.69, 9.17) is 0 Å². The van der Waals surface area contributed by atoms with Gasteiger partial charge in [0.25, 0.3) is 0 Å². The van der Waals surface area contributed by atoms with E-state index in [0.717, 1.165) is 18.4 Å². The number of benzene rings is 1. The minimum Gasteiger partial charge on any atom is -0.359 e. The van der Waals surface area contributed by atoms with E-state index in [1.165, 1.54) is 30.4 Å². The summed E-state index contributed by atoms with van der Waals surface area (Å²) in [5.74, 6) is 1.60. The zero-order chi connectivity index (χ0) is 12.1. The first-order valence-electron chi connectivity index (χ1n) is 6.28. The lowest BCUT2D eigenvalue weighted by molar-refractivity contribution is 0.450. The molecule has 2 rings (SSSR count). The molecule has 1 aromatic carbocycles. The quantitative estimate of drug-likeness (QED) is 0.599. The van der Waals surface area contributed by atoms with E-state index in [0.29, 0.717) is 0 Å². The second-order valence-electron chi connectivity index (χ2n) is 4.58. The molecule has 0 spiro atoms. The van der Waals surface area contributed by atoms with Crippen molar-refractivity contribution < 1.29 is 0 Å². The smallest absolute Gasteiger partial charge is 0.190 e. The van der Waals surface area contributed by atoms with Crippen LogP contribution in [0.5, 0.6) is 0 Å². The van der Waals surface area contributed by atoms with E-state index in [1.54, 1.807) is 7.05 Å². The second kappa shape index (κ2) is 5.71. The predicted octanol–water partition coefficient (Wildman–Crippen LogP) is 1.59. The lowest BCUT2D eigenvalue weighted by atomic mass is 9.84. The Morgan fingerprint density at radius 1 is 1.35 bits per heavy atom. The molecule has 0 aromatic heterocycles. The third-order valence-electron chi connectivity index (χ3n) is 3.47. The number of hydrogen-bond donors (Lipinski definition) is 2. The monoisotopic (exact) mass is 231 g/mol. The second-order valence-corrected chi connectivity index (χ2v) is 4.58. The number of rotatable bonds is 2. The molecular formula is C14H21N3. The molecule has 0 saturated carbocycles. The van der Waals surface area contributed by atoms with Gasteiger partial charge >= 0.3 is 0 Å². The molecule has 1 atom stereocenters. The molecule has 0 bridgehead atoms. The van der Waals surface area contributed by atoms with Crippen molar-refractivity contribution in [3.05, 3.63) is 35.4 Å². The standard InChI is InChI=1S/C14H21N3/c1-15-14(16-2)17-10-11-7-8-12-5-3-4-6-13(12)9-11/h3-6,11H,7-10H2,1-2H3,(H2,15,16,17)/t11-/m1/s1. The summed E-state index contributed by atoms with van der Waals surface area (Å²) in [6.07, 6.45) is 3.66. The van der Waals surface area contributed by atoms with Crippen LogP contribution in [0, 0.1) is 5.92 Å². The van der Waals surface area contributed by atoms with E-state index < -0.39 is 0 Å². The molecule has 3 heteroatoms. The van der Waals surface area contributed by atoms with Gasteiger partial charge in [0, 0.05) is 20.6 Å². The van der Waals surface area contributed by atoms with E-state index in [-0.39, 0.29) is 0 Å². The van der Waals surface area contributed by atoms with E-state index >= 15 is 0 Å². The van der Waals surface area contributed by atoms with Gasteiger partial charge in [0.1, 0.15) is 0 Å². The van der Waals surface area contributed by atoms with Crippen LogP contribution in [0.25, 0.3) is 0 Å². The summed E-state index contributed by atoms with van der Waals surface area (Å²) in [5, 5.41) is 6.41. The van der Waals surface area contributed by atoms with Gasteiger partial charge in [-0.1, -0.05) is 24.3 Å². The first-order valence-corrected chi connectivity index (χ1v) is 6.28. The highest BCUT2D eigenvalue weighted by molar-refractivity contribution is 5.79. The Bertz CT molecular complexity index is 398. The molecule has 2 N–H and O–H groups in total. The summed E-state index contributed by atoms with van der Waals surface area (Å²) in [6, 6.07) is 8.79. The minimum atomic E-state index is 0.718. The zero-order valence-electron chi connectivity index (χ0n) is 10.7. The molecule has 0 saturated heterocycles. The predicted molar refractivity (Wildman–Crippen MR) is 72.4 cm³/mol. The maximum absolute atomic E-state index is 4.13. The van der Waals surface area contributed by atoms with Crippen molar-refractivity contribution in [3.63, 3.8) is 0 Å². The summed E-state index contributed by atoms with van der Waals surface area (Å²) in [7, 11) is 3.69. The molecule has 0 radical (unpaired) electrons. The largest absolute Gasteiger partial charge is 0.359 e. The summed E-state index contributed by atoms with van der Waals surface area (Å²) in [6.45, 7) is 1.00. The Balaban J connectivity index is 1.90. The van der Waals surface area contributed by atoms with Crippen LogP contribution >= 0.6 is 0 Å². The SMILES string of the molecule is CN=C(NC)NC[C@@H]1CCc2ccccc2C1. The van der Waals surface area contributed by atoms with Gasteiger partial charge in [-0.25, -0.2) is 0 Å². The number of aliphatic imine (C=N–C) groups is 1. The van der Waals surface area contributed by atoms with Crippen LogP contribution in [0.2, 0.25) is 0 Å². The molecule has 0 amide bonds. The van der Waals surface area contributed by atoms with Gasteiger partial charge in [0.2, 0.25) is 0 Å². The van der Waals surface area contributed by atoms with Crippen LogP contribution in [0.3, 0.4) is 0 Å². The van der Waals surface area contributed by atoms with Crippen molar-refractivity contribution in [3.8, 4) is 0 Å². The van der Waals surface area contributed by atoms with Gasteiger partial charge in [-0.05, 0) is 36.3 Å². The van der Waals surface area contributed by atoms with Crippen LogP contribution in [-0.4, -0.2) is 26.6 Å². The Labute approximate surface area is 103 Å². The maximum Gasteiger partial charge on any atom is 0.190 e. The van der Waals surface area contributed by atoms with Crippen LogP contribution < -0.4 is 10.6 Å². The van der Waals surface area contributed by atoms with Gasteiger partial charge in [0.05, 0.1) is 0 Å². The van der Waals surface area contributed by atoms with Crippen molar-refractivity contribution in [1.29, 1.82) is 0 Å². The van der Waals surface area contributed by atoms with Gasteiger partial charge < -0.3 is 10.6 Å². The first-order chi connectivity index (χ1) is 8.33. The fourth-order valence-corrected chi connectivity index (χ4v) is 2.47. The summed E-state index contributed by atoms with van der Waals surface area (Å²) in [5.41, 5.74) is 3.05. The Morgan fingerprint density at radius 3 is 2.82 bits per heavy atom. The highest BCUT2D eigenvalue weighted by Crippen LogP contribution is 2.24. The van der Waals surface area contributed by atoms with Crippen molar-refractivity contribution in [2.75, 3.05) is 20.6 Å². The zero-order valence-corrected chi connectivity index (χ0v) is 10.7. The van der Waals surface area contributed by atoms with Crippen molar-refractivity contribution >= 4 is 5.96 Å². The number of guanidine groups is 1. The Hall–Kier alpha value is -1.51. The molecule has 1 aliphatic rings. The lowest BCUT2D eigenvalue weighted by Crippen LogP contribution is -2.38. The van der Waals surface area contributed by atoms with Crippen molar-refractivity contribution in [2.24, 2.45) is 10.9 Å². The molecule has 1 aromatic rings. The summed E-state index contributed by atoms with van der Waals surface area (Å²) < 4.78 is 0. The van der Waals surface area contributed by atoms with E-state index in [2.05, 4.69) is 39.9 Å². The van der Waals surface area contributed by atoms with Crippen LogP contribution in [0.15, 0.2) is 29.3 Å². The van der Waals surface area contributed by atoms with Crippen LogP contribution in [0.1, 0.15) is 17.5 Å². The Morgan fingerprint density at radius 2 is 2.12 bits per heavy atom. The highest BCUT2D eigenvalue weighted by atomic mass is 15.1. The number of nitrogens with one attached hydrogen (secondary N) is 2. The fourth-order valence-electron chi connectivity index (χ4n) is 2.47. The van der Waals surface area contributed by atoms with Gasteiger partial charge in [-0.15, -0.1) is 0 Å². The molecule has 3 nitrogen and oxygen atoms in total.